The van der Waals surface area contributed by atoms with E-state index in [0.29, 0.717) is 22.1 Å². The molecular weight excluding hydrogens is 385 g/mol. The van der Waals surface area contributed by atoms with Crippen LogP contribution in [0.15, 0.2) is 53.2 Å². The first-order chi connectivity index (χ1) is 13.2. The highest BCUT2D eigenvalue weighted by Crippen LogP contribution is 2.27. The minimum absolute atomic E-state index is 0.0417. The van der Waals surface area contributed by atoms with E-state index in [-0.39, 0.29) is 11.6 Å². The number of halogens is 1. The standard InChI is InChI=1S/C18H10FN5OS2/c19-12-3-5-13(6-4-12)24-16(14-2-1-8-26-14)21-15(23-24)17(25)22-18-11(10-20)7-9-27-18/h1-9H,(H,22,25). The second-order valence-corrected chi connectivity index (χ2v) is 7.22. The Kier molecular flexibility index (Phi) is 4.50. The van der Waals surface area contributed by atoms with Crippen molar-refractivity contribution in [3.05, 3.63) is 70.4 Å². The SMILES string of the molecule is N#Cc1ccsc1NC(=O)c1nc(-c2cccs2)n(-c2ccc(F)cc2)n1. The summed E-state index contributed by atoms with van der Waals surface area (Å²) in [5, 5.41) is 20.1. The molecular formula is C18H10FN5OS2. The molecule has 6 nitrogen and oxygen atoms in total. The highest BCUT2D eigenvalue weighted by molar-refractivity contribution is 7.14. The van der Waals surface area contributed by atoms with Gasteiger partial charge in [-0.1, -0.05) is 6.07 Å². The highest BCUT2D eigenvalue weighted by atomic mass is 32.1. The molecule has 0 spiro atoms. The normalized spacial score (nSPS) is 10.5. The summed E-state index contributed by atoms with van der Waals surface area (Å²) in [6.07, 6.45) is 0. The molecule has 1 N–H and O–H groups in total. The molecule has 0 fully saturated rings. The third-order valence-electron chi connectivity index (χ3n) is 3.64. The summed E-state index contributed by atoms with van der Waals surface area (Å²) in [5.74, 6) is -0.447. The lowest BCUT2D eigenvalue weighted by molar-refractivity contribution is 0.101. The average Bonchev–Trinajstić information content (AvgIpc) is 3.42. The first-order valence-electron chi connectivity index (χ1n) is 7.71. The van der Waals surface area contributed by atoms with E-state index < -0.39 is 5.91 Å². The van der Waals surface area contributed by atoms with Crippen LogP contribution < -0.4 is 5.32 Å². The largest absolute Gasteiger partial charge is 0.310 e. The van der Waals surface area contributed by atoms with Crippen LogP contribution >= 0.6 is 22.7 Å². The Balaban J connectivity index is 1.74. The Hall–Kier alpha value is -3.35. The van der Waals surface area contributed by atoms with Crippen LogP contribution in [-0.4, -0.2) is 20.7 Å². The van der Waals surface area contributed by atoms with Crippen molar-refractivity contribution >= 4 is 33.6 Å². The zero-order chi connectivity index (χ0) is 18.8. The van der Waals surface area contributed by atoms with Gasteiger partial charge in [0, 0.05) is 0 Å². The number of carbonyl (C=O) groups is 1. The van der Waals surface area contributed by atoms with Gasteiger partial charge in [-0.15, -0.1) is 27.8 Å². The Morgan fingerprint density at radius 3 is 2.67 bits per heavy atom. The second-order valence-electron chi connectivity index (χ2n) is 5.35. The Bertz CT molecular complexity index is 1140. The van der Waals surface area contributed by atoms with Gasteiger partial charge in [-0.3, -0.25) is 4.79 Å². The van der Waals surface area contributed by atoms with Crippen molar-refractivity contribution in [2.45, 2.75) is 0 Å². The molecule has 0 bridgehead atoms. The van der Waals surface area contributed by atoms with Crippen molar-refractivity contribution in [2.24, 2.45) is 0 Å². The van der Waals surface area contributed by atoms with Gasteiger partial charge in [-0.25, -0.2) is 14.1 Å². The molecule has 3 heterocycles. The maximum atomic E-state index is 13.3. The molecule has 1 amide bonds. The van der Waals surface area contributed by atoms with E-state index in [1.54, 1.807) is 23.6 Å². The molecule has 3 aromatic heterocycles. The van der Waals surface area contributed by atoms with E-state index in [4.69, 9.17) is 5.26 Å². The number of nitrogens with zero attached hydrogens (tertiary/aromatic N) is 4. The number of thiophene rings is 2. The summed E-state index contributed by atoms with van der Waals surface area (Å²) < 4.78 is 14.8. The topological polar surface area (TPSA) is 83.6 Å². The van der Waals surface area contributed by atoms with Gasteiger partial charge in [0.25, 0.3) is 5.91 Å². The molecule has 0 atom stereocenters. The lowest BCUT2D eigenvalue weighted by Gasteiger charge is -2.04. The van der Waals surface area contributed by atoms with Gasteiger partial charge < -0.3 is 5.32 Å². The van der Waals surface area contributed by atoms with Crippen LogP contribution in [0.2, 0.25) is 0 Å². The quantitative estimate of drug-likeness (QED) is 0.558. The summed E-state index contributed by atoms with van der Waals surface area (Å²) in [5.41, 5.74) is 0.963. The number of aromatic nitrogens is 3. The zero-order valence-corrected chi connectivity index (χ0v) is 15.2. The van der Waals surface area contributed by atoms with Crippen LogP contribution in [0.4, 0.5) is 9.39 Å². The molecule has 4 aromatic rings. The smallest absolute Gasteiger partial charge is 0.296 e. The van der Waals surface area contributed by atoms with Gasteiger partial charge in [-0.05, 0) is 47.2 Å². The van der Waals surface area contributed by atoms with Gasteiger partial charge in [0.15, 0.2) is 5.82 Å². The molecule has 0 aliphatic heterocycles. The van der Waals surface area contributed by atoms with Gasteiger partial charge in [-0.2, -0.15) is 5.26 Å². The predicted molar refractivity (Wildman–Crippen MR) is 102 cm³/mol. The number of benzene rings is 1. The summed E-state index contributed by atoms with van der Waals surface area (Å²) in [4.78, 5) is 17.8. The number of nitrogens with one attached hydrogen (secondary N) is 1. The maximum Gasteiger partial charge on any atom is 0.296 e. The average molecular weight is 395 g/mol. The van der Waals surface area contributed by atoms with Gasteiger partial charge in [0.1, 0.15) is 16.9 Å². The van der Waals surface area contributed by atoms with Crippen molar-refractivity contribution < 1.29 is 9.18 Å². The van der Waals surface area contributed by atoms with Crippen molar-refractivity contribution in [3.63, 3.8) is 0 Å². The lowest BCUT2D eigenvalue weighted by atomic mass is 10.3. The Morgan fingerprint density at radius 1 is 1.15 bits per heavy atom. The third kappa shape index (κ3) is 3.36. The molecule has 0 unspecified atom stereocenters. The number of rotatable bonds is 4. The van der Waals surface area contributed by atoms with Crippen LogP contribution in [0, 0.1) is 17.1 Å². The van der Waals surface area contributed by atoms with Crippen molar-refractivity contribution in [1.29, 1.82) is 5.26 Å². The van der Waals surface area contributed by atoms with Crippen LogP contribution in [-0.2, 0) is 0 Å². The number of hydrogen-bond acceptors (Lipinski definition) is 6. The summed E-state index contributed by atoms with van der Waals surface area (Å²) in [6.45, 7) is 0. The minimum atomic E-state index is -0.521. The molecule has 0 aliphatic carbocycles. The maximum absolute atomic E-state index is 13.3. The first-order valence-corrected chi connectivity index (χ1v) is 9.47. The summed E-state index contributed by atoms with van der Waals surface area (Å²) in [7, 11) is 0. The van der Waals surface area contributed by atoms with Gasteiger partial charge >= 0.3 is 0 Å². The van der Waals surface area contributed by atoms with Gasteiger partial charge in [0.2, 0.25) is 5.82 Å². The summed E-state index contributed by atoms with van der Waals surface area (Å²) in [6, 6.07) is 13.1. The number of hydrogen-bond donors (Lipinski definition) is 1. The van der Waals surface area contributed by atoms with Crippen LogP contribution in [0.5, 0.6) is 0 Å². The van der Waals surface area contributed by atoms with Crippen molar-refractivity contribution in [1.82, 2.24) is 14.8 Å². The van der Waals surface area contributed by atoms with E-state index >= 15 is 0 Å². The molecule has 0 aliphatic rings. The fraction of sp³-hybridized carbons (Fsp3) is 0. The molecule has 1 aromatic carbocycles. The highest BCUT2D eigenvalue weighted by Gasteiger charge is 2.20. The molecule has 0 radical (unpaired) electrons. The molecule has 0 saturated heterocycles. The zero-order valence-electron chi connectivity index (χ0n) is 13.6. The summed E-state index contributed by atoms with van der Waals surface area (Å²) >= 11 is 2.70. The van der Waals surface area contributed by atoms with Gasteiger partial charge in [0.05, 0.1) is 16.1 Å². The third-order valence-corrected chi connectivity index (χ3v) is 5.33. The van der Waals surface area contributed by atoms with Crippen molar-refractivity contribution in [2.75, 3.05) is 5.32 Å². The Labute approximate surface area is 161 Å². The molecule has 0 saturated carbocycles. The lowest BCUT2D eigenvalue weighted by Crippen LogP contribution is -2.14. The molecule has 4 rings (SSSR count). The number of carbonyl (C=O) groups excluding carboxylic acids is 1. The van der Waals surface area contributed by atoms with E-state index in [9.17, 15) is 9.18 Å². The monoisotopic (exact) mass is 395 g/mol. The van der Waals surface area contributed by atoms with E-state index in [2.05, 4.69) is 15.4 Å². The fourth-order valence-electron chi connectivity index (χ4n) is 2.39. The van der Waals surface area contributed by atoms with Crippen LogP contribution in [0.25, 0.3) is 16.4 Å². The van der Waals surface area contributed by atoms with E-state index in [1.165, 1.54) is 39.5 Å². The minimum Gasteiger partial charge on any atom is -0.310 e. The Morgan fingerprint density at radius 2 is 1.96 bits per heavy atom. The van der Waals surface area contributed by atoms with Crippen LogP contribution in [0.1, 0.15) is 16.2 Å². The number of amides is 1. The number of anilines is 1. The first kappa shape index (κ1) is 17.1. The molecule has 27 heavy (non-hydrogen) atoms. The van der Waals surface area contributed by atoms with Crippen LogP contribution in [0.3, 0.4) is 0 Å². The predicted octanol–water partition coefficient (Wildman–Crippen LogP) is 4.32. The van der Waals surface area contributed by atoms with Crippen molar-refractivity contribution in [3.8, 4) is 22.5 Å². The van der Waals surface area contributed by atoms with E-state index in [1.807, 2.05) is 23.6 Å². The molecule has 9 heteroatoms. The number of nitriles is 1. The second kappa shape index (κ2) is 7.11. The molecule has 132 valence electrons. The fourth-order valence-corrected chi connectivity index (χ4v) is 3.82. The van der Waals surface area contributed by atoms with E-state index in [0.717, 1.165) is 4.88 Å².